The molecule has 6 N–H and O–H groups in total. The van der Waals surface area contributed by atoms with Crippen molar-refractivity contribution in [1.82, 2.24) is 5.32 Å². The average molecular weight is 228 g/mol. The summed E-state index contributed by atoms with van der Waals surface area (Å²) in [6.45, 7) is 1.84. The molecule has 1 aliphatic carbocycles. The van der Waals surface area contributed by atoms with Crippen LogP contribution in [-0.4, -0.2) is 29.0 Å². The van der Waals surface area contributed by atoms with E-state index in [-0.39, 0.29) is 23.7 Å². The van der Waals surface area contributed by atoms with Crippen molar-refractivity contribution in [3.8, 4) is 0 Å². The van der Waals surface area contributed by atoms with Gasteiger partial charge >= 0.3 is 0 Å². The number of hydrogen-bond donors (Lipinski definition) is 4. The molecule has 6 nitrogen and oxygen atoms in total. The summed E-state index contributed by atoms with van der Waals surface area (Å²) in [7, 11) is 0. The molecule has 0 bridgehead atoms. The highest BCUT2D eigenvalue weighted by atomic mass is 16.4. The molecule has 6 heteroatoms. The molecular formula is C10H20N4O2. The van der Waals surface area contributed by atoms with Gasteiger partial charge in [-0.2, -0.15) is 0 Å². The SMILES string of the molecule is CC(NC1CCC(C(N)=O)CC1)C(N)=NO. The van der Waals surface area contributed by atoms with Gasteiger partial charge in [-0.05, 0) is 32.6 Å². The summed E-state index contributed by atoms with van der Waals surface area (Å²) in [5.74, 6) is -0.0165. The van der Waals surface area contributed by atoms with Gasteiger partial charge in [0, 0.05) is 12.0 Å². The summed E-state index contributed by atoms with van der Waals surface area (Å²) in [6, 6.07) is 0.158. The van der Waals surface area contributed by atoms with E-state index in [4.69, 9.17) is 16.7 Å². The number of primary amides is 1. The van der Waals surface area contributed by atoms with Crippen molar-refractivity contribution in [3.05, 3.63) is 0 Å². The van der Waals surface area contributed by atoms with Crippen LogP contribution in [0.15, 0.2) is 5.16 Å². The molecule has 0 aromatic heterocycles. The maximum atomic E-state index is 11.0. The summed E-state index contributed by atoms with van der Waals surface area (Å²) in [5, 5.41) is 14.7. The van der Waals surface area contributed by atoms with Crippen molar-refractivity contribution in [2.24, 2.45) is 22.5 Å². The maximum Gasteiger partial charge on any atom is 0.220 e. The lowest BCUT2D eigenvalue weighted by Gasteiger charge is -2.29. The van der Waals surface area contributed by atoms with Gasteiger partial charge in [0.25, 0.3) is 0 Å². The number of nitrogens with two attached hydrogens (primary N) is 2. The van der Waals surface area contributed by atoms with E-state index in [0.717, 1.165) is 25.7 Å². The van der Waals surface area contributed by atoms with Crippen LogP contribution in [-0.2, 0) is 4.79 Å². The minimum atomic E-state index is -0.206. The second-order valence-corrected chi connectivity index (χ2v) is 4.36. The standard InChI is InChI=1S/C10H20N4O2/c1-6(9(11)14-16)13-8-4-2-7(3-5-8)10(12)15/h6-8,13,16H,2-5H2,1H3,(H2,11,14)(H2,12,15). The fraction of sp³-hybridized carbons (Fsp3) is 0.800. The van der Waals surface area contributed by atoms with E-state index in [9.17, 15) is 4.79 Å². The second-order valence-electron chi connectivity index (χ2n) is 4.36. The van der Waals surface area contributed by atoms with E-state index in [2.05, 4.69) is 10.5 Å². The van der Waals surface area contributed by atoms with E-state index in [1.165, 1.54) is 0 Å². The number of amidine groups is 1. The number of nitrogens with one attached hydrogen (secondary N) is 1. The predicted molar refractivity (Wildman–Crippen MR) is 60.9 cm³/mol. The summed E-state index contributed by atoms with van der Waals surface area (Å²) in [5.41, 5.74) is 10.7. The van der Waals surface area contributed by atoms with Crippen molar-refractivity contribution in [2.45, 2.75) is 44.7 Å². The number of carbonyl (C=O) groups is 1. The van der Waals surface area contributed by atoms with Crippen LogP contribution in [0.4, 0.5) is 0 Å². The number of oxime groups is 1. The van der Waals surface area contributed by atoms with Crippen molar-refractivity contribution < 1.29 is 10.0 Å². The zero-order valence-electron chi connectivity index (χ0n) is 9.52. The Kier molecular flexibility index (Phi) is 4.54. The summed E-state index contributed by atoms with van der Waals surface area (Å²) < 4.78 is 0. The molecular weight excluding hydrogens is 208 g/mol. The Hall–Kier alpha value is -1.30. The molecule has 1 aliphatic rings. The Morgan fingerprint density at radius 2 is 1.94 bits per heavy atom. The van der Waals surface area contributed by atoms with Crippen molar-refractivity contribution in [2.75, 3.05) is 0 Å². The fourth-order valence-electron chi connectivity index (χ4n) is 2.07. The Labute approximate surface area is 95.1 Å². The molecule has 0 aliphatic heterocycles. The number of hydrogen-bond acceptors (Lipinski definition) is 4. The minimum Gasteiger partial charge on any atom is -0.409 e. The van der Waals surface area contributed by atoms with E-state index >= 15 is 0 Å². The average Bonchev–Trinajstić information content (AvgIpc) is 2.28. The molecule has 1 atom stereocenters. The molecule has 92 valence electrons. The number of nitrogens with zero attached hydrogens (tertiary/aromatic N) is 1. The molecule has 1 rings (SSSR count). The van der Waals surface area contributed by atoms with Crippen LogP contribution in [0.25, 0.3) is 0 Å². The first kappa shape index (κ1) is 12.8. The van der Waals surface area contributed by atoms with Crippen LogP contribution in [0.2, 0.25) is 0 Å². The van der Waals surface area contributed by atoms with Crippen LogP contribution in [0.1, 0.15) is 32.6 Å². The number of amides is 1. The van der Waals surface area contributed by atoms with E-state index in [1.807, 2.05) is 6.92 Å². The van der Waals surface area contributed by atoms with Gasteiger partial charge in [-0.3, -0.25) is 4.79 Å². The van der Waals surface area contributed by atoms with Crippen molar-refractivity contribution in [1.29, 1.82) is 0 Å². The number of rotatable bonds is 4. The van der Waals surface area contributed by atoms with Gasteiger partial charge in [0.15, 0.2) is 5.84 Å². The molecule has 1 unspecified atom stereocenters. The third-order valence-electron chi connectivity index (χ3n) is 3.17. The third-order valence-corrected chi connectivity index (χ3v) is 3.17. The van der Waals surface area contributed by atoms with Crippen molar-refractivity contribution >= 4 is 11.7 Å². The monoisotopic (exact) mass is 228 g/mol. The lowest BCUT2D eigenvalue weighted by atomic mass is 9.85. The molecule has 1 fully saturated rings. The van der Waals surface area contributed by atoms with E-state index in [0.29, 0.717) is 6.04 Å². The lowest BCUT2D eigenvalue weighted by Crippen LogP contribution is -2.46. The van der Waals surface area contributed by atoms with Gasteiger partial charge in [-0.1, -0.05) is 5.16 Å². The highest BCUT2D eigenvalue weighted by molar-refractivity contribution is 5.84. The van der Waals surface area contributed by atoms with Crippen LogP contribution >= 0.6 is 0 Å². The normalized spacial score (nSPS) is 28.7. The first-order valence-electron chi connectivity index (χ1n) is 5.57. The first-order chi connectivity index (χ1) is 7.54. The maximum absolute atomic E-state index is 11.0. The summed E-state index contributed by atoms with van der Waals surface area (Å²) in [4.78, 5) is 11.0. The fourth-order valence-corrected chi connectivity index (χ4v) is 2.07. The van der Waals surface area contributed by atoms with Crippen LogP contribution < -0.4 is 16.8 Å². The largest absolute Gasteiger partial charge is 0.409 e. The third kappa shape index (κ3) is 3.37. The number of carbonyl (C=O) groups excluding carboxylic acids is 1. The predicted octanol–water partition coefficient (Wildman–Crippen LogP) is -0.245. The quantitative estimate of drug-likeness (QED) is 0.230. The molecule has 0 spiro atoms. The molecule has 0 aromatic rings. The molecule has 0 radical (unpaired) electrons. The van der Waals surface area contributed by atoms with E-state index in [1.54, 1.807) is 0 Å². The van der Waals surface area contributed by atoms with Gasteiger partial charge < -0.3 is 22.0 Å². The van der Waals surface area contributed by atoms with Crippen LogP contribution in [0, 0.1) is 5.92 Å². The molecule has 1 saturated carbocycles. The molecule has 16 heavy (non-hydrogen) atoms. The van der Waals surface area contributed by atoms with Crippen LogP contribution in [0.5, 0.6) is 0 Å². The summed E-state index contributed by atoms with van der Waals surface area (Å²) in [6.07, 6.45) is 3.43. The molecule has 0 heterocycles. The Morgan fingerprint density at radius 1 is 1.38 bits per heavy atom. The Balaban J connectivity index is 2.35. The van der Waals surface area contributed by atoms with E-state index < -0.39 is 0 Å². The highest BCUT2D eigenvalue weighted by Crippen LogP contribution is 2.24. The molecule has 1 amide bonds. The first-order valence-corrected chi connectivity index (χ1v) is 5.57. The van der Waals surface area contributed by atoms with Gasteiger partial charge in [-0.15, -0.1) is 0 Å². The zero-order chi connectivity index (χ0) is 12.1. The van der Waals surface area contributed by atoms with Gasteiger partial charge in [0.2, 0.25) is 5.91 Å². The van der Waals surface area contributed by atoms with Gasteiger partial charge in [0.1, 0.15) is 0 Å². The minimum absolute atomic E-state index is 0.0113. The molecule has 0 saturated heterocycles. The second kappa shape index (κ2) is 5.69. The topological polar surface area (TPSA) is 114 Å². The van der Waals surface area contributed by atoms with Gasteiger partial charge in [-0.25, -0.2) is 0 Å². The Bertz CT molecular complexity index is 272. The Morgan fingerprint density at radius 3 is 2.38 bits per heavy atom. The van der Waals surface area contributed by atoms with Gasteiger partial charge in [0.05, 0.1) is 6.04 Å². The highest BCUT2D eigenvalue weighted by Gasteiger charge is 2.25. The van der Waals surface area contributed by atoms with Crippen molar-refractivity contribution in [3.63, 3.8) is 0 Å². The lowest BCUT2D eigenvalue weighted by molar-refractivity contribution is -0.122. The molecule has 0 aromatic carbocycles. The zero-order valence-corrected chi connectivity index (χ0v) is 9.52. The smallest absolute Gasteiger partial charge is 0.220 e. The summed E-state index contributed by atoms with van der Waals surface area (Å²) >= 11 is 0. The van der Waals surface area contributed by atoms with Crippen LogP contribution in [0.3, 0.4) is 0 Å².